The standard InChI is InChI=1S/C13H19N3O/c1-2-11-9-16(8-6-13(11)15-17)10-12-5-3-4-7-14-12/h3-5,7,11,17H,2,6,8-10H2,1H3/b15-13+. The summed E-state index contributed by atoms with van der Waals surface area (Å²) in [6, 6.07) is 6.01. The lowest BCUT2D eigenvalue weighted by Crippen LogP contribution is -2.40. The van der Waals surface area contributed by atoms with Gasteiger partial charge in [-0.15, -0.1) is 0 Å². The Hall–Kier alpha value is -1.42. The highest BCUT2D eigenvalue weighted by atomic mass is 16.4. The van der Waals surface area contributed by atoms with Gasteiger partial charge in [0.2, 0.25) is 0 Å². The average molecular weight is 233 g/mol. The van der Waals surface area contributed by atoms with E-state index in [-0.39, 0.29) is 0 Å². The van der Waals surface area contributed by atoms with Gasteiger partial charge >= 0.3 is 0 Å². The molecule has 0 bridgehead atoms. The van der Waals surface area contributed by atoms with Crippen LogP contribution in [-0.4, -0.2) is 33.9 Å². The van der Waals surface area contributed by atoms with Gasteiger partial charge < -0.3 is 5.21 Å². The van der Waals surface area contributed by atoms with Gasteiger partial charge in [0.15, 0.2) is 0 Å². The highest BCUT2D eigenvalue weighted by molar-refractivity contribution is 5.87. The van der Waals surface area contributed by atoms with Crippen LogP contribution in [0.5, 0.6) is 0 Å². The van der Waals surface area contributed by atoms with Crippen molar-refractivity contribution >= 4 is 5.71 Å². The SMILES string of the molecule is CCC1CN(Cc2ccccn2)CC/C1=N\O. The summed E-state index contributed by atoms with van der Waals surface area (Å²) >= 11 is 0. The van der Waals surface area contributed by atoms with E-state index in [1.807, 2.05) is 18.3 Å². The van der Waals surface area contributed by atoms with E-state index in [0.29, 0.717) is 5.92 Å². The molecule has 4 nitrogen and oxygen atoms in total. The summed E-state index contributed by atoms with van der Waals surface area (Å²) in [6.45, 7) is 4.94. The first-order valence-corrected chi connectivity index (χ1v) is 6.16. The van der Waals surface area contributed by atoms with Gasteiger partial charge in [0.1, 0.15) is 0 Å². The molecule has 1 aromatic rings. The van der Waals surface area contributed by atoms with Gasteiger partial charge in [-0.05, 0) is 18.6 Å². The van der Waals surface area contributed by atoms with E-state index < -0.39 is 0 Å². The third-order valence-corrected chi connectivity index (χ3v) is 3.37. The number of nitrogens with zero attached hydrogens (tertiary/aromatic N) is 3. The van der Waals surface area contributed by atoms with Crippen LogP contribution in [0.2, 0.25) is 0 Å². The largest absolute Gasteiger partial charge is 0.411 e. The fourth-order valence-electron chi connectivity index (χ4n) is 2.35. The molecule has 1 aromatic heterocycles. The molecule has 0 spiro atoms. The van der Waals surface area contributed by atoms with Crippen molar-refractivity contribution in [1.82, 2.24) is 9.88 Å². The van der Waals surface area contributed by atoms with Crippen LogP contribution in [0.15, 0.2) is 29.6 Å². The van der Waals surface area contributed by atoms with Crippen LogP contribution in [0.1, 0.15) is 25.5 Å². The Kier molecular flexibility index (Phi) is 4.09. The van der Waals surface area contributed by atoms with E-state index >= 15 is 0 Å². The minimum absolute atomic E-state index is 0.387. The van der Waals surface area contributed by atoms with Crippen molar-refractivity contribution in [3.8, 4) is 0 Å². The van der Waals surface area contributed by atoms with Gasteiger partial charge in [-0.25, -0.2) is 0 Å². The number of hydrogen-bond donors (Lipinski definition) is 1. The van der Waals surface area contributed by atoms with Crippen LogP contribution < -0.4 is 0 Å². The van der Waals surface area contributed by atoms with E-state index in [2.05, 4.69) is 28.0 Å². The Morgan fingerprint density at radius 3 is 3.06 bits per heavy atom. The maximum absolute atomic E-state index is 8.93. The lowest BCUT2D eigenvalue weighted by Gasteiger charge is -2.32. The van der Waals surface area contributed by atoms with Crippen molar-refractivity contribution in [2.75, 3.05) is 13.1 Å². The van der Waals surface area contributed by atoms with Crippen LogP contribution in [-0.2, 0) is 6.54 Å². The Morgan fingerprint density at radius 1 is 1.53 bits per heavy atom. The monoisotopic (exact) mass is 233 g/mol. The molecule has 2 rings (SSSR count). The molecular weight excluding hydrogens is 214 g/mol. The second-order valence-corrected chi connectivity index (χ2v) is 4.50. The smallest absolute Gasteiger partial charge is 0.0627 e. The highest BCUT2D eigenvalue weighted by Gasteiger charge is 2.24. The van der Waals surface area contributed by atoms with Crippen LogP contribution in [0, 0.1) is 5.92 Å². The van der Waals surface area contributed by atoms with Gasteiger partial charge in [-0.3, -0.25) is 9.88 Å². The minimum atomic E-state index is 0.387. The number of likely N-dealkylation sites (tertiary alicyclic amines) is 1. The molecule has 0 aromatic carbocycles. The van der Waals surface area contributed by atoms with Gasteiger partial charge in [-0.1, -0.05) is 18.1 Å². The molecule has 0 amide bonds. The number of pyridine rings is 1. The molecular formula is C13H19N3O. The van der Waals surface area contributed by atoms with E-state index in [4.69, 9.17) is 5.21 Å². The van der Waals surface area contributed by atoms with Crippen LogP contribution in [0.4, 0.5) is 0 Å². The summed E-state index contributed by atoms with van der Waals surface area (Å²) in [5.41, 5.74) is 2.05. The number of piperidine rings is 1. The Balaban J connectivity index is 1.96. The van der Waals surface area contributed by atoms with Gasteiger partial charge in [-0.2, -0.15) is 0 Å². The predicted octanol–water partition coefficient (Wildman–Crippen LogP) is 2.14. The summed E-state index contributed by atoms with van der Waals surface area (Å²) in [5.74, 6) is 0.387. The van der Waals surface area contributed by atoms with Crippen molar-refractivity contribution in [3.63, 3.8) is 0 Å². The molecule has 1 aliphatic heterocycles. The molecule has 0 radical (unpaired) electrons. The number of aromatic nitrogens is 1. The normalized spacial score (nSPS) is 24.1. The van der Waals surface area contributed by atoms with Crippen molar-refractivity contribution in [1.29, 1.82) is 0 Å². The Bertz CT molecular complexity index is 378. The number of rotatable bonds is 3. The quantitative estimate of drug-likeness (QED) is 0.643. The highest BCUT2D eigenvalue weighted by Crippen LogP contribution is 2.18. The maximum atomic E-state index is 8.93. The van der Waals surface area contributed by atoms with Crippen LogP contribution >= 0.6 is 0 Å². The molecule has 1 fully saturated rings. The molecule has 2 heterocycles. The number of oxime groups is 1. The minimum Gasteiger partial charge on any atom is -0.411 e. The van der Waals surface area contributed by atoms with Crippen LogP contribution in [0.25, 0.3) is 0 Å². The molecule has 17 heavy (non-hydrogen) atoms. The second-order valence-electron chi connectivity index (χ2n) is 4.50. The Labute approximate surface area is 102 Å². The van der Waals surface area contributed by atoms with Crippen LogP contribution in [0.3, 0.4) is 0 Å². The fourth-order valence-corrected chi connectivity index (χ4v) is 2.35. The van der Waals surface area contributed by atoms with Gasteiger partial charge in [0.25, 0.3) is 0 Å². The number of hydrogen-bond acceptors (Lipinski definition) is 4. The first-order chi connectivity index (χ1) is 8.33. The van der Waals surface area contributed by atoms with Crippen molar-refractivity contribution in [2.45, 2.75) is 26.3 Å². The zero-order valence-electron chi connectivity index (χ0n) is 10.2. The molecule has 1 N–H and O–H groups in total. The van der Waals surface area contributed by atoms with Crippen molar-refractivity contribution in [2.24, 2.45) is 11.1 Å². The fraction of sp³-hybridized carbons (Fsp3) is 0.538. The van der Waals surface area contributed by atoms with E-state index in [1.54, 1.807) is 0 Å². The molecule has 1 saturated heterocycles. The summed E-state index contributed by atoms with van der Waals surface area (Å²) in [7, 11) is 0. The second kappa shape index (κ2) is 5.77. The molecule has 1 aliphatic rings. The summed E-state index contributed by atoms with van der Waals surface area (Å²) in [4.78, 5) is 6.72. The molecule has 0 saturated carbocycles. The zero-order valence-corrected chi connectivity index (χ0v) is 10.2. The van der Waals surface area contributed by atoms with E-state index in [1.165, 1.54) is 0 Å². The van der Waals surface area contributed by atoms with E-state index in [9.17, 15) is 0 Å². The Morgan fingerprint density at radius 2 is 2.41 bits per heavy atom. The third-order valence-electron chi connectivity index (χ3n) is 3.37. The molecule has 92 valence electrons. The lowest BCUT2D eigenvalue weighted by atomic mass is 9.93. The first-order valence-electron chi connectivity index (χ1n) is 6.16. The lowest BCUT2D eigenvalue weighted by molar-refractivity contribution is 0.218. The summed E-state index contributed by atoms with van der Waals surface area (Å²) < 4.78 is 0. The zero-order chi connectivity index (χ0) is 12.1. The van der Waals surface area contributed by atoms with Crippen molar-refractivity contribution < 1.29 is 5.21 Å². The van der Waals surface area contributed by atoms with E-state index in [0.717, 1.165) is 43.9 Å². The molecule has 0 aliphatic carbocycles. The molecule has 1 atom stereocenters. The summed E-state index contributed by atoms with van der Waals surface area (Å²) in [6.07, 6.45) is 3.72. The first kappa shape index (κ1) is 12.0. The third kappa shape index (κ3) is 3.03. The average Bonchev–Trinajstić information content (AvgIpc) is 2.40. The summed E-state index contributed by atoms with van der Waals surface area (Å²) in [5, 5.41) is 12.3. The molecule has 4 heteroatoms. The maximum Gasteiger partial charge on any atom is 0.0627 e. The van der Waals surface area contributed by atoms with Crippen molar-refractivity contribution in [3.05, 3.63) is 30.1 Å². The topological polar surface area (TPSA) is 48.7 Å². The predicted molar refractivity (Wildman–Crippen MR) is 67.1 cm³/mol. The molecule has 1 unspecified atom stereocenters. The van der Waals surface area contributed by atoms with Gasteiger partial charge in [0.05, 0.1) is 11.4 Å². The van der Waals surface area contributed by atoms with Gasteiger partial charge in [0, 0.05) is 38.2 Å².